The fourth-order valence-corrected chi connectivity index (χ4v) is 5.61. The van der Waals surface area contributed by atoms with E-state index in [1.54, 1.807) is 6.92 Å². The van der Waals surface area contributed by atoms with E-state index in [0.29, 0.717) is 23.9 Å². The predicted octanol–water partition coefficient (Wildman–Crippen LogP) is 3.82. The van der Waals surface area contributed by atoms with Crippen molar-refractivity contribution >= 4 is 13.8 Å². The Balaban J connectivity index is 2.50. The van der Waals surface area contributed by atoms with Crippen LogP contribution in [0, 0.1) is 0 Å². The number of aliphatic hydroxyl groups excluding tert-OH is 3. The fourth-order valence-electron chi connectivity index (χ4n) is 4.88. The van der Waals surface area contributed by atoms with E-state index in [9.17, 15) is 29.6 Å². The topological polar surface area (TPSA) is 164 Å². The van der Waals surface area contributed by atoms with Crippen molar-refractivity contribution in [3.05, 3.63) is 0 Å². The van der Waals surface area contributed by atoms with Crippen molar-refractivity contribution in [1.29, 1.82) is 0 Å². The Morgan fingerprint density at radius 1 is 0.818 bits per heavy atom. The number of quaternary nitrogens is 1. The second kappa shape index (κ2) is 22.8. The lowest BCUT2D eigenvalue weighted by Gasteiger charge is -2.40. The molecule has 0 saturated carbocycles. The molecule has 0 bridgehead atoms. The van der Waals surface area contributed by atoms with Gasteiger partial charge in [0, 0.05) is 6.42 Å². The summed E-state index contributed by atoms with van der Waals surface area (Å²) < 4.78 is 39.4. The quantitative estimate of drug-likeness (QED) is 0.0537. The second-order valence-corrected chi connectivity index (χ2v) is 14.4. The number of esters is 1. The number of nitrogens with zero attached hydrogens (tertiary/aromatic N) is 1. The molecule has 1 rings (SSSR count). The third-order valence-corrected chi connectivity index (χ3v) is 8.69. The highest BCUT2D eigenvalue weighted by molar-refractivity contribution is 7.45. The van der Waals surface area contributed by atoms with Crippen molar-refractivity contribution in [2.24, 2.45) is 0 Å². The molecule has 0 amide bonds. The van der Waals surface area contributed by atoms with Gasteiger partial charge in [-0.3, -0.25) is 9.36 Å². The first-order valence-corrected chi connectivity index (χ1v) is 18.2. The molecule has 12 nitrogen and oxygen atoms in total. The molecule has 0 aromatic carbocycles. The number of likely N-dealkylation sites (N-methyl/N-ethyl adjacent to an activating group) is 1. The van der Waals surface area contributed by atoms with Gasteiger partial charge in [-0.2, -0.15) is 0 Å². The van der Waals surface area contributed by atoms with Crippen molar-refractivity contribution in [2.45, 2.75) is 147 Å². The largest absolute Gasteiger partial charge is 0.756 e. The number of phosphoric ester groups is 1. The Kier molecular flexibility index (Phi) is 21.4. The van der Waals surface area contributed by atoms with Gasteiger partial charge in [-0.25, -0.2) is 0 Å². The summed E-state index contributed by atoms with van der Waals surface area (Å²) in [7, 11) is 0.993. The highest BCUT2D eigenvalue weighted by Crippen LogP contribution is 2.38. The maximum absolute atomic E-state index is 12.6. The van der Waals surface area contributed by atoms with E-state index in [4.69, 9.17) is 23.3 Å². The van der Waals surface area contributed by atoms with E-state index >= 15 is 0 Å². The molecule has 44 heavy (non-hydrogen) atoms. The third-order valence-electron chi connectivity index (χ3n) is 7.73. The van der Waals surface area contributed by atoms with Crippen molar-refractivity contribution in [1.82, 2.24) is 0 Å². The number of ether oxygens (including phenoxy) is 3. The van der Waals surface area contributed by atoms with Gasteiger partial charge in [-0.05, 0) is 12.8 Å². The number of unbranched alkanes of at least 4 members (excludes halogenated alkanes) is 12. The summed E-state index contributed by atoms with van der Waals surface area (Å²) in [6, 6.07) is 0. The summed E-state index contributed by atoms with van der Waals surface area (Å²) in [5.41, 5.74) is 0. The molecule has 0 spiro atoms. The number of hydrogen-bond acceptors (Lipinski definition) is 11. The molecular weight excluding hydrogens is 593 g/mol. The number of hydrogen-bond donors (Lipinski definition) is 3. The highest BCUT2D eigenvalue weighted by Gasteiger charge is 2.43. The van der Waals surface area contributed by atoms with Crippen molar-refractivity contribution in [3.63, 3.8) is 0 Å². The summed E-state index contributed by atoms with van der Waals surface area (Å²) in [6.07, 6.45) is 8.28. The van der Waals surface area contributed by atoms with Gasteiger partial charge in [0.05, 0.1) is 40.5 Å². The van der Waals surface area contributed by atoms with E-state index in [-0.39, 0.29) is 19.6 Å². The molecule has 0 radical (unpaired) electrons. The van der Waals surface area contributed by atoms with Gasteiger partial charge in [-0.1, -0.05) is 90.9 Å². The van der Waals surface area contributed by atoms with Crippen molar-refractivity contribution in [2.75, 3.05) is 47.5 Å². The Morgan fingerprint density at radius 2 is 1.36 bits per heavy atom. The van der Waals surface area contributed by atoms with Gasteiger partial charge in [-0.15, -0.1) is 0 Å². The fraction of sp³-hybridized carbons (Fsp3) is 0.968. The van der Waals surface area contributed by atoms with Crippen LogP contribution in [0.1, 0.15) is 110 Å². The maximum Gasteiger partial charge on any atom is 0.306 e. The van der Waals surface area contributed by atoms with E-state index in [2.05, 4.69) is 6.92 Å². The molecule has 1 aliphatic heterocycles. The summed E-state index contributed by atoms with van der Waals surface area (Å²) in [5.74, 6) is -0.524. The average molecular weight is 656 g/mol. The maximum atomic E-state index is 12.6. The molecular formula is C31H62NO11P. The molecule has 3 N–H and O–H groups in total. The molecule has 1 saturated heterocycles. The molecule has 1 aliphatic rings. The summed E-state index contributed by atoms with van der Waals surface area (Å²) in [4.78, 5) is 24.9. The molecule has 0 aromatic heterocycles. The summed E-state index contributed by atoms with van der Waals surface area (Å²) in [6.45, 7) is 3.40. The normalized spacial score (nSPS) is 24.6. The Morgan fingerprint density at radius 3 is 1.89 bits per heavy atom. The van der Waals surface area contributed by atoms with E-state index in [0.717, 1.165) is 19.3 Å². The van der Waals surface area contributed by atoms with E-state index in [1.807, 2.05) is 21.1 Å². The van der Waals surface area contributed by atoms with Gasteiger partial charge >= 0.3 is 5.97 Å². The molecule has 1 fully saturated rings. The monoisotopic (exact) mass is 655 g/mol. The van der Waals surface area contributed by atoms with Gasteiger partial charge < -0.3 is 48.0 Å². The van der Waals surface area contributed by atoms with Gasteiger partial charge in [0.15, 0.2) is 6.29 Å². The minimum atomic E-state index is -4.69. The zero-order valence-electron chi connectivity index (χ0n) is 27.9. The smallest absolute Gasteiger partial charge is 0.306 e. The average Bonchev–Trinajstić information content (AvgIpc) is 2.95. The Hall–Kier alpha value is -0.660. The summed E-state index contributed by atoms with van der Waals surface area (Å²) in [5, 5.41) is 30.5. The van der Waals surface area contributed by atoms with Crippen LogP contribution in [-0.4, -0.2) is 110 Å². The number of aliphatic hydroxyl groups is 3. The lowest BCUT2D eigenvalue weighted by atomic mass is 9.97. The molecule has 262 valence electrons. The van der Waals surface area contributed by atoms with Gasteiger partial charge in [0.1, 0.15) is 37.6 Å². The van der Waals surface area contributed by atoms with Crippen LogP contribution in [0.15, 0.2) is 0 Å². The third kappa shape index (κ3) is 19.1. The van der Waals surface area contributed by atoms with Crippen LogP contribution in [0.3, 0.4) is 0 Å². The van der Waals surface area contributed by atoms with E-state index < -0.39 is 57.2 Å². The van der Waals surface area contributed by atoms with Gasteiger partial charge in [0.2, 0.25) is 0 Å². The number of carbonyl (C=O) groups is 1. The van der Waals surface area contributed by atoms with Crippen LogP contribution in [0.5, 0.6) is 0 Å². The number of carbonyl (C=O) groups excluding carboxylic acids is 1. The lowest BCUT2D eigenvalue weighted by molar-refractivity contribution is -0.870. The molecule has 13 heteroatoms. The first-order valence-electron chi connectivity index (χ1n) is 16.7. The molecule has 0 aromatic rings. The lowest BCUT2D eigenvalue weighted by Crippen LogP contribution is -2.58. The zero-order chi connectivity index (χ0) is 33.0. The van der Waals surface area contributed by atoms with Crippen LogP contribution < -0.4 is 4.89 Å². The molecule has 1 heterocycles. The van der Waals surface area contributed by atoms with Crippen LogP contribution in [0.25, 0.3) is 0 Å². The Bertz CT molecular complexity index is 795. The SMILES string of the molecule is CCCCCCCCCCCCCCCC(=O)O[C@H](CO[C@@H]1O[C@H](CC)[C@@H](O)[C@H](O)[C@H]1O)COP(=O)([O-])OCC[N+](C)(C)C. The minimum absolute atomic E-state index is 0.0784. The Labute approximate surface area is 265 Å². The van der Waals surface area contributed by atoms with Crippen LogP contribution in [0.2, 0.25) is 0 Å². The standard InChI is InChI=1S/C31H62NO11P/c1-6-8-9-10-11-12-13-14-15-16-17-18-19-20-27(33)42-25(24-41-44(37,38)40-22-21-32(3,4)5)23-39-31-30(36)29(35)28(34)26(7-2)43-31/h25-26,28-31,34-36H,6-24H2,1-5H3/t25-,26-,28-,29+,30-,31-/m1/s1. The second-order valence-electron chi connectivity index (χ2n) is 13.0. The first kappa shape index (κ1) is 41.4. The van der Waals surface area contributed by atoms with Crippen LogP contribution in [0.4, 0.5) is 0 Å². The van der Waals surface area contributed by atoms with Crippen LogP contribution >= 0.6 is 7.82 Å². The molecule has 1 unspecified atom stereocenters. The number of phosphoric acid groups is 1. The van der Waals surface area contributed by atoms with Crippen LogP contribution in [-0.2, 0) is 32.6 Å². The molecule has 0 aliphatic carbocycles. The highest BCUT2D eigenvalue weighted by atomic mass is 31.2. The van der Waals surface area contributed by atoms with Gasteiger partial charge in [0.25, 0.3) is 7.82 Å². The van der Waals surface area contributed by atoms with E-state index in [1.165, 1.54) is 57.8 Å². The molecule has 7 atom stereocenters. The zero-order valence-corrected chi connectivity index (χ0v) is 28.8. The van der Waals surface area contributed by atoms with Crippen molar-refractivity contribution in [3.8, 4) is 0 Å². The summed E-state index contributed by atoms with van der Waals surface area (Å²) >= 11 is 0. The van der Waals surface area contributed by atoms with Crippen molar-refractivity contribution < 1.29 is 57.3 Å². The minimum Gasteiger partial charge on any atom is -0.756 e. The predicted molar refractivity (Wildman–Crippen MR) is 166 cm³/mol. The number of rotatable bonds is 26. The first-order chi connectivity index (χ1) is 20.8.